The number of rotatable bonds is 7. The predicted molar refractivity (Wildman–Crippen MR) is 112 cm³/mol. The van der Waals surface area contributed by atoms with E-state index in [1.165, 1.54) is 17.3 Å². The molecule has 0 saturated carbocycles. The summed E-state index contributed by atoms with van der Waals surface area (Å²) >= 11 is 2.93. The van der Waals surface area contributed by atoms with E-state index in [4.69, 9.17) is 9.47 Å². The Balaban J connectivity index is 1.32. The standard InChI is InChI=1S/C21H19N3O3S2/c1-14-3-2-4-16(9-14)29-21-20(22-7-8-23-21)28-12-19(25)24-11-15-5-6-17-18(10-15)27-13-26-17/h2-10H,11-13H2,1H3,(H,24,25). The van der Waals surface area contributed by atoms with Crippen LogP contribution in [0.4, 0.5) is 0 Å². The maximum absolute atomic E-state index is 12.3. The number of nitrogens with one attached hydrogen (secondary N) is 1. The molecule has 1 aliphatic rings. The van der Waals surface area contributed by atoms with Crippen molar-refractivity contribution in [2.24, 2.45) is 0 Å². The van der Waals surface area contributed by atoms with Crippen molar-refractivity contribution in [2.75, 3.05) is 12.5 Å². The molecule has 1 N–H and O–H groups in total. The van der Waals surface area contributed by atoms with Crippen molar-refractivity contribution in [1.29, 1.82) is 0 Å². The van der Waals surface area contributed by atoms with Crippen LogP contribution < -0.4 is 14.8 Å². The molecule has 3 aromatic rings. The summed E-state index contributed by atoms with van der Waals surface area (Å²) < 4.78 is 10.7. The number of carbonyl (C=O) groups is 1. The molecule has 8 heteroatoms. The Kier molecular flexibility index (Phi) is 6.21. The van der Waals surface area contributed by atoms with Gasteiger partial charge in [0.25, 0.3) is 0 Å². The summed E-state index contributed by atoms with van der Waals surface area (Å²) in [6.45, 7) is 2.73. The minimum absolute atomic E-state index is 0.0650. The molecule has 1 amide bonds. The van der Waals surface area contributed by atoms with E-state index in [-0.39, 0.29) is 18.5 Å². The molecule has 0 unspecified atom stereocenters. The van der Waals surface area contributed by atoms with Crippen LogP contribution in [0.25, 0.3) is 0 Å². The van der Waals surface area contributed by atoms with E-state index in [1.54, 1.807) is 24.2 Å². The van der Waals surface area contributed by atoms with Crippen LogP contribution in [0.2, 0.25) is 0 Å². The summed E-state index contributed by atoms with van der Waals surface area (Å²) in [4.78, 5) is 22.2. The molecule has 29 heavy (non-hydrogen) atoms. The van der Waals surface area contributed by atoms with Gasteiger partial charge < -0.3 is 14.8 Å². The van der Waals surface area contributed by atoms with E-state index in [9.17, 15) is 4.79 Å². The first-order valence-corrected chi connectivity index (χ1v) is 10.8. The highest BCUT2D eigenvalue weighted by molar-refractivity contribution is 8.02. The fourth-order valence-corrected chi connectivity index (χ4v) is 4.56. The van der Waals surface area contributed by atoms with Gasteiger partial charge >= 0.3 is 0 Å². The molecule has 0 radical (unpaired) electrons. The fraction of sp³-hybridized carbons (Fsp3) is 0.190. The highest BCUT2D eigenvalue weighted by Gasteiger charge is 2.14. The largest absolute Gasteiger partial charge is 0.454 e. The second kappa shape index (κ2) is 9.19. The number of carbonyl (C=O) groups excluding carboxylic acids is 1. The van der Waals surface area contributed by atoms with Gasteiger partial charge in [-0.1, -0.05) is 47.3 Å². The molecule has 0 bridgehead atoms. The van der Waals surface area contributed by atoms with Crippen LogP contribution in [0.1, 0.15) is 11.1 Å². The van der Waals surface area contributed by atoms with Gasteiger partial charge in [0.1, 0.15) is 10.1 Å². The number of fused-ring (bicyclic) bond motifs is 1. The van der Waals surface area contributed by atoms with Crippen LogP contribution in [0.5, 0.6) is 11.5 Å². The third-order valence-electron chi connectivity index (χ3n) is 4.10. The van der Waals surface area contributed by atoms with Crippen LogP contribution >= 0.6 is 23.5 Å². The van der Waals surface area contributed by atoms with Crippen molar-refractivity contribution in [3.63, 3.8) is 0 Å². The Hall–Kier alpha value is -2.71. The maximum Gasteiger partial charge on any atom is 0.231 e. The summed E-state index contributed by atoms with van der Waals surface area (Å²) in [5.41, 5.74) is 2.15. The van der Waals surface area contributed by atoms with Gasteiger partial charge in [-0.25, -0.2) is 9.97 Å². The Bertz CT molecular complexity index is 1030. The number of benzene rings is 2. The lowest BCUT2D eigenvalue weighted by molar-refractivity contribution is -0.118. The lowest BCUT2D eigenvalue weighted by Crippen LogP contribution is -2.24. The van der Waals surface area contributed by atoms with Crippen LogP contribution in [-0.4, -0.2) is 28.4 Å². The molecule has 0 fully saturated rings. The van der Waals surface area contributed by atoms with E-state index in [1.807, 2.05) is 30.3 Å². The lowest BCUT2D eigenvalue weighted by Gasteiger charge is -2.08. The van der Waals surface area contributed by atoms with Gasteiger partial charge in [0.15, 0.2) is 11.5 Å². The maximum atomic E-state index is 12.3. The molecule has 4 rings (SSSR count). The zero-order valence-electron chi connectivity index (χ0n) is 15.8. The molecule has 0 spiro atoms. The van der Waals surface area contributed by atoms with Crippen molar-refractivity contribution in [3.05, 3.63) is 66.0 Å². The van der Waals surface area contributed by atoms with Gasteiger partial charge in [-0.3, -0.25) is 4.79 Å². The first kappa shape index (κ1) is 19.6. The van der Waals surface area contributed by atoms with Crippen molar-refractivity contribution < 1.29 is 14.3 Å². The number of aromatic nitrogens is 2. The van der Waals surface area contributed by atoms with Gasteiger partial charge in [-0.2, -0.15) is 0 Å². The van der Waals surface area contributed by atoms with Crippen LogP contribution in [0.3, 0.4) is 0 Å². The van der Waals surface area contributed by atoms with Gasteiger partial charge in [0.2, 0.25) is 12.7 Å². The van der Waals surface area contributed by atoms with E-state index < -0.39 is 0 Å². The molecule has 1 aliphatic heterocycles. The molecular formula is C21H19N3O3S2. The Labute approximate surface area is 177 Å². The van der Waals surface area contributed by atoms with E-state index in [2.05, 4.69) is 34.3 Å². The number of hydrogen-bond donors (Lipinski definition) is 1. The molecule has 0 atom stereocenters. The van der Waals surface area contributed by atoms with E-state index in [0.717, 1.165) is 26.3 Å². The van der Waals surface area contributed by atoms with Gasteiger partial charge in [-0.05, 0) is 36.8 Å². The summed E-state index contributed by atoms with van der Waals surface area (Å²) in [5.74, 6) is 1.65. The highest BCUT2D eigenvalue weighted by atomic mass is 32.2. The van der Waals surface area contributed by atoms with Crippen molar-refractivity contribution >= 4 is 29.4 Å². The minimum Gasteiger partial charge on any atom is -0.454 e. The number of aryl methyl sites for hydroxylation is 1. The number of nitrogens with zero attached hydrogens (tertiary/aromatic N) is 2. The van der Waals surface area contributed by atoms with Crippen LogP contribution in [0.15, 0.2) is 69.8 Å². The second-order valence-electron chi connectivity index (χ2n) is 6.34. The number of thioether (sulfide) groups is 1. The zero-order valence-corrected chi connectivity index (χ0v) is 17.4. The average molecular weight is 426 g/mol. The number of hydrogen-bond acceptors (Lipinski definition) is 7. The fourth-order valence-electron chi connectivity index (χ4n) is 2.71. The molecule has 148 valence electrons. The number of ether oxygens (including phenoxy) is 2. The minimum atomic E-state index is -0.0650. The summed E-state index contributed by atoms with van der Waals surface area (Å²) in [6.07, 6.45) is 3.31. The SMILES string of the molecule is Cc1cccc(Sc2nccnc2SCC(=O)NCc2ccc3c(c2)OCO3)c1. The first-order valence-electron chi connectivity index (χ1n) is 9.01. The molecule has 0 saturated heterocycles. The molecule has 2 heterocycles. The molecule has 1 aromatic heterocycles. The van der Waals surface area contributed by atoms with Crippen LogP contribution in [-0.2, 0) is 11.3 Å². The third-order valence-corrected chi connectivity index (χ3v) is 6.19. The van der Waals surface area contributed by atoms with Crippen LogP contribution in [0, 0.1) is 6.92 Å². The summed E-state index contributed by atoms with van der Waals surface area (Å²) in [6, 6.07) is 13.9. The summed E-state index contributed by atoms with van der Waals surface area (Å²) in [7, 11) is 0. The monoisotopic (exact) mass is 425 g/mol. The second-order valence-corrected chi connectivity index (χ2v) is 8.36. The Morgan fingerprint density at radius 3 is 2.76 bits per heavy atom. The van der Waals surface area contributed by atoms with Crippen molar-refractivity contribution in [1.82, 2.24) is 15.3 Å². The van der Waals surface area contributed by atoms with Crippen molar-refractivity contribution in [2.45, 2.75) is 28.4 Å². The third kappa shape index (κ3) is 5.21. The van der Waals surface area contributed by atoms with E-state index >= 15 is 0 Å². The van der Waals surface area contributed by atoms with Gasteiger partial charge in [-0.15, -0.1) is 0 Å². The molecular weight excluding hydrogens is 406 g/mol. The van der Waals surface area contributed by atoms with E-state index in [0.29, 0.717) is 12.3 Å². The smallest absolute Gasteiger partial charge is 0.231 e. The first-order chi connectivity index (χ1) is 14.2. The normalized spacial score (nSPS) is 12.0. The molecule has 6 nitrogen and oxygen atoms in total. The Morgan fingerprint density at radius 2 is 1.90 bits per heavy atom. The quantitative estimate of drug-likeness (QED) is 0.572. The highest BCUT2D eigenvalue weighted by Crippen LogP contribution is 2.33. The van der Waals surface area contributed by atoms with Gasteiger partial charge in [0, 0.05) is 23.8 Å². The lowest BCUT2D eigenvalue weighted by atomic mass is 10.2. The van der Waals surface area contributed by atoms with Crippen molar-refractivity contribution in [3.8, 4) is 11.5 Å². The molecule has 2 aromatic carbocycles. The Morgan fingerprint density at radius 1 is 1.07 bits per heavy atom. The van der Waals surface area contributed by atoms with Gasteiger partial charge in [0.05, 0.1) is 5.75 Å². The topological polar surface area (TPSA) is 73.3 Å². The number of amides is 1. The summed E-state index contributed by atoms with van der Waals surface area (Å²) in [5, 5.41) is 4.47. The predicted octanol–water partition coefficient (Wildman–Crippen LogP) is 4.07. The average Bonchev–Trinajstić information content (AvgIpc) is 3.19. The molecule has 0 aliphatic carbocycles. The zero-order chi connectivity index (χ0) is 20.1.